The molecule has 0 aromatic heterocycles. The molecule has 1 heterocycles. The number of carboxylic acids is 2. The third-order valence-corrected chi connectivity index (χ3v) is 6.14. The number of carbonyl (C=O) groups is 5. The molecule has 3 aromatic carbocycles. The van der Waals surface area contributed by atoms with Gasteiger partial charge in [0.15, 0.2) is 0 Å². The van der Waals surface area contributed by atoms with E-state index in [1.165, 1.54) is 31.2 Å². The van der Waals surface area contributed by atoms with Crippen molar-refractivity contribution < 1.29 is 34.2 Å². The van der Waals surface area contributed by atoms with Gasteiger partial charge < -0.3 is 20.8 Å². The number of primary amides is 1. The van der Waals surface area contributed by atoms with Crippen LogP contribution in [0.5, 0.6) is 0 Å². The lowest BCUT2D eigenvalue weighted by Gasteiger charge is -2.28. The summed E-state index contributed by atoms with van der Waals surface area (Å²) in [5.74, 6) is -5.06. The summed E-state index contributed by atoms with van der Waals surface area (Å²) in [6.07, 6.45) is 0. The number of carbonyl (C=O) groups excluding carboxylic acids is 3. The molecule has 0 bridgehead atoms. The smallest absolute Gasteiger partial charge is 0.323 e. The zero-order valence-corrected chi connectivity index (χ0v) is 21.3. The Balaban J connectivity index is 1.71. The first-order valence-corrected chi connectivity index (χ1v) is 12.0. The molecular weight excluding hydrogens is 516 g/mol. The summed E-state index contributed by atoms with van der Waals surface area (Å²) < 4.78 is 0. The van der Waals surface area contributed by atoms with Gasteiger partial charge in [-0.25, -0.2) is 9.89 Å². The number of hydrogen-bond donors (Lipinski definition) is 3. The number of carboxylic acid groups (broad SMARTS) is 2. The minimum absolute atomic E-state index is 0.0158. The summed E-state index contributed by atoms with van der Waals surface area (Å²) in [7, 11) is 0. The van der Waals surface area contributed by atoms with Crippen molar-refractivity contribution in [2.75, 3.05) is 22.9 Å². The number of hydrogen-bond acceptors (Lipinski definition) is 7. The van der Waals surface area contributed by atoms with Crippen LogP contribution in [0.1, 0.15) is 6.92 Å². The zero-order chi connectivity index (χ0) is 29.0. The van der Waals surface area contributed by atoms with Gasteiger partial charge in [0, 0.05) is 5.69 Å². The van der Waals surface area contributed by atoms with Crippen LogP contribution in [-0.4, -0.2) is 58.7 Å². The quantitative estimate of drug-likeness (QED) is 0.275. The Hall–Kier alpha value is -5.58. The molecule has 4 rings (SSSR count). The highest BCUT2D eigenvalue weighted by molar-refractivity contribution is 6.59. The topological polar surface area (TPSA) is 171 Å². The van der Waals surface area contributed by atoms with E-state index < -0.39 is 42.7 Å². The second-order valence-corrected chi connectivity index (χ2v) is 8.84. The van der Waals surface area contributed by atoms with Crippen LogP contribution in [0.4, 0.5) is 17.1 Å². The maximum atomic E-state index is 13.5. The lowest BCUT2D eigenvalue weighted by Crippen LogP contribution is -2.49. The lowest BCUT2D eigenvalue weighted by atomic mass is 9.96. The number of benzene rings is 3. The van der Waals surface area contributed by atoms with Crippen LogP contribution in [0.3, 0.4) is 0 Å². The van der Waals surface area contributed by atoms with Gasteiger partial charge in [0.2, 0.25) is 0 Å². The van der Waals surface area contributed by atoms with E-state index in [1.54, 1.807) is 24.3 Å². The Morgan fingerprint density at radius 3 is 1.88 bits per heavy atom. The number of amides is 3. The monoisotopic (exact) mass is 540 g/mol. The minimum atomic E-state index is -1.21. The third-order valence-electron chi connectivity index (χ3n) is 6.14. The number of nitrogens with two attached hydrogens (primary N) is 1. The lowest BCUT2D eigenvalue weighted by molar-refractivity contribution is -0.136. The van der Waals surface area contributed by atoms with Gasteiger partial charge in [-0.1, -0.05) is 42.5 Å². The van der Waals surface area contributed by atoms with E-state index in [-0.39, 0.29) is 28.2 Å². The Morgan fingerprint density at radius 1 is 0.800 bits per heavy atom. The van der Waals surface area contributed by atoms with Crippen LogP contribution in [0, 0.1) is 0 Å². The molecule has 0 radical (unpaired) electrons. The summed E-state index contributed by atoms with van der Waals surface area (Å²) in [5.41, 5.74) is 7.54. The van der Waals surface area contributed by atoms with Crippen LogP contribution in [-0.2, 0) is 24.0 Å². The van der Waals surface area contributed by atoms with Crippen molar-refractivity contribution in [1.29, 1.82) is 0 Å². The first kappa shape index (κ1) is 27.5. The van der Waals surface area contributed by atoms with Gasteiger partial charge in [-0.3, -0.25) is 24.0 Å². The second-order valence-electron chi connectivity index (χ2n) is 8.84. The van der Waals surface area contributed by atoms with Gasteiger partial charge in [0.05, 0.1) is 11.4 Å². The van der Waals surface area contributed by atoms with Crippen molar-refractivity contribution in [3.8, 4) is 11.1 Å². The molecule has 3 amide bonds. The van der Waals surface area contributed by atoms with Crippen LogP contribution in [0.15, 0.2) is 95.0 Å². The zero-order valence-electron chi connectivity index (χ0n) is 21.3. The molecule has 0 atom stereocenters. The number of aliphatic imine (C=N–C) groups is 1. The molecule has 202 valence electrons. The summed E-state index contributed by atoms with van der Waals surface area (Å²) in [6.45, 7) is 0.325. The molecule has 0 aliphatic carbocycles. The highest BCUT2D eigenvalue weighted by Gasteiger charge is 2.39. The van der Waals surface area contributed by atoms with E-state index >= 15 is 0 Å². The van der Waals surface area contributed by atoms with Crippen LogP contribution in [0.2, 0.25) is 0 Å². The van der Waals surface area contributed by atoms with Crippen molar-refractivity contribution in [2.45, 2.75) is 6.92 Å². The van der Waals surface area contributed by atoms with Crippen molar-refractivity contribution in [3.63, 3.8) is 0 Å². The number of nitrogens with zero attached hydrogens (tertiary/aromatic N) is 3. The van der Waals surface area contributed by atoms with Crippen LogP contribution < -0.4 is 15.5 Å². The molecule has 0 fully saturated rings. The minimum Gasteiger partial charge on any atom is -0.480 e. The fourth-order valence-corrected chi connectivity index (χ4v) is 4.27. The number of rotatable bonds is 9. The molecule has 0 spiro atoms. The van der Waals surface area contributed by atoms with Crippen molar-refractivity contribution in [2.24, 2.45) is 10.7 Å². The third kappa shape index (κ3) is 5.78. The average Bonchev–Trinajstić information content (AvgIpc) is 2.91. The van der Waals surface area contributed by atoms with Crippen LogP contribution in [0.25, 0.3) is 11.1 Å². The van der Waals surface area contributed by atoms with Crippen molar-refractivity contribution >= 4 is 52.4 Å². The molecule has 40 heavy (non-hydrogen) atoms. The molecule has 11 nitrogen and oxygen atoms in total. The van der Waals surface area contributed by atoms with Gasteiger partial charge in [0.25, 0.3) is 17.7 Å². The molecule has 1 aliphatic heterocycles. The number of imide groups is 1. The van der Waals surface area contributed by atoms with E-state index in [4.69, 9.17) is 15.9 Å². The molecular formula is C29H24N4O7. The van der Waals surface area contributed by atoms with Gasteiger partial charge in [-0.15, -0.1) is 0 Å². The summed E-state index contributed by atoms with van der Waals surface area (Å²) >= 11 is 0. The summed E-state index contributed by atoms with van der Waals surface area (Å²) in [5, 5.41) is 18.2. The Kier molecular flexibility index (Phi) is 7.85. The average molecular weight is 541 g/mol. The maximum absolute atomic E-state index is 13.5. The normalized spacial score (nSPS) is 14.4. The fourth-order valence-electron chi connectivity index (χ4n) is 4.27. The van der Waals surface area contributed by atoms with Gasteiger partial charge in [-0.2, -0.15) is 0 Å². The van der Waals surface area contributed by atoms with E-state index in [0.29, 0.717) is 5.69 Å². The second kappa shape index (κ2) is 11.4. The Labute approximate surface area is 228 Å². The first-order chi connectivity index (χ1) is 19.1. The van der Waals surface area contributed by atoms with Crippen LogP contribution >= 0.6 is 0 Å². The van der Waals surface area contributed by atoms with E-state index in [0.717, 1.165) is 20.9 Å². The summed E-state index contributed by atoms with van der Waals surface area (Å²) in [6, 6.07) is 22.0. The van der Waals surface area contributed by atoms with Crippen molar-refractivity contribution in [1.82, 2.24) is 0 Å². The molecule has 3 aromatic rings. The maximum Gasteiger partial charge on any atom is 0.323 e. The van der Waals surface area contributed by atoms with Crippen molar-refractivity contribution in [3.05, 3.63) is 90.0 Å². The standard InChI is InChI=1S/C29H24N4O7/c1-17-25(27(30)38)28(39)33(22-11-7-19(8-12-22)18-5-3-2-4-6-18)29(40)26(17)31-20-9-13-21(14-10-20)32(15-23(34)35)16-24(36)37/h2-14H,15-16H2,1H3,(H2,30,38)(H,34,35)(H,36,37). The van der Waals surface area contributed by atoms with Gasteiger partial charge >= 0.3 is 11.9 Å². The molecule has 0 unspecified atom stereocenters. The molecule has 11 heteroatoms. The fraction of sp³-hybridized carbons (Fsp3) is 0.103. The molecule has 0 saturated heterocycles. The molecule has 1 aliphatic rings. The van der Waals surface area contributed by atoms with E-state index in [9.17, 15) is 24.0 Å². The van der Waals surface area contributed by atoms with Gasteiger partial charge in [-0.05, 0) is 60.0 Å². The first-order valence-electron chi connectivity index (χ1n) is 12.0. The predicted molar refractivity (Wildman–Crippen MR) is 147 cm³/mol. The van der Waals surface area contributed by atoms with E-state index in [1.807, 2.05) is 30.3 Å². The summed E-state index contributed by atoms with van der Waals surface area (Å²) in [4.78, 5) is 67.7. The van der Waals surface area contributed by atoms with Gasteiger partial charge in [0.1, 0.15) is 24.4 Å². The molecule has 0 saturated carbocycles. The van der Waals surface area contributed by atoms with E-state index in [2.05, 4.69) is 4.99 Å². The SMILES string of the molecule is CC1=C(C(N)=O)C(=O)N(c2ccc(-c3ccccc3)cc2)C(=O)C1=Nc1ccc(N(CC(=O)O)CC(=O)O)cc1. The predicted octanol–water partition coefficient (Wildman–Crippen LogP) is 2.78. The highest BCUT2D eigenvalue weighted by Crippen LogP contribution is 2.29. The number of anilines is 2. The highest BCUT2D eigenvalue weighted by atomic mass is 16.4. The Bertz CT molecular complexity index is 1540. The largest absolute Gasteiger partial charge is 0.480 e. The number of aliphatic carboxylic acids is 2. The Morgan fingerprint density at radius 2 is 1.35 bits per heavy atom. The molecule has 4 N–H and O–H groups in total.